The van der Waals surface area contributed by atoms with Crippen LogP contribution < -0.4 is 5.32 Å². The van der Waals surface area contributed by atoms with E-state index in [-0.39, 0.29) is 0 Å². The van der Waals surface area contributed by atoms with Gasteiger partial charge in [0.15, 0.2) is 0 Å². The molecule has 1 aromatic rings. The molecule has 0 bridgehead atoms. The summed E-state index contributed by atoms with van der Waals surface area (Å²) in [6.07, 6.45) is 6.38. The maximum Gasteiger partial charge on any atom is 0.0454 e. The Balaban J connectivity index is 2.93. The monoisotopic (exact) mass is 345 g/mol. The molecule has 0 aliphatic heterocycles. The van der Waals surface area contributed by atoms with Crippen LogP contribution in [0.4, 0.5) is 0 Å². The molecule has 1 atom stereocenters. The number of hydrogen-bond acceptors (Lipinski definition) is 2. The van der Waals surface area contributed by atoms with Crippen molar-refractivity contribution in [1.82, 2.24) is 5.32 Å². The minimum Gasteiger partial charge on any atom is -0.309 e. The minimum absolute atomic E-state index is 0.521. The Morgan fingerprint density at radius 3 is 2.21 bits per heavy atom. The van der Waals surface area contributed by atoms with Gasteiger partial charge in [0.05, 0.1) is 0 Å². The van der Waals surface area contributed by atoms with Crippen LogP contribution in [-0.2, 0) is 0 Å². The largest absolute Gasteiger partial charge is 0.309 e. The van der Waals surface area contributed by atoms with Crippen LogP contribution in [-0.4, -0.2) is 6.54 Å². The highest BCUT2D eigenvalue weighted by Crippen LogP contribution is 2.38. The molecule has 3 heteroatoms. The van der Waals surface area contributed by atoms with Crippen molar-refractivity contribution in [2.75, 3.05) is 6.54 Å². The van der Waals surface area contributed by atoms with E-state index in [0.717, 1.165) is 12.5 Å². The van der Waals surface area contributed by atoms with E-state index >= 15 is 0 Å². The lowest BCUT2D eigenvalue weighted by Crippen LogP contribution is -2.28. The Bertz CT molecular complexity index is 356. The third kappa shape index (κ3) is 5.20. The summed E-state index contributed by atoms with van der Waals surface area (Å²) in [7, 11) is 0. The van der Waals surface area contributed by atoms with Crippen LogP contribution in [0.1, 0.15) is 68.7 Å². The van der Waals surface area contributed by atoms with Crippen molar-refractivity contribution in [3.63, 3.8) is 0 Å². The fourth-order valence-corrected chi connectivity index (χ4v) is 4.77. The molecule has 0 spiro atoms. The molecule has 110 valence electrons. The number of aryl methyl sites for hydroxylation is 1. The van der Waals surface area contributed by atoms with Crippen LogP contribution in [0.5, 0.6) is 0 Å². The molecular weight excluding hydrogens is 318 g/mol. The first-order valence-corrected chi connectivity index (χ1v) is 9.24. The van der Waals surface area contributed by atoms with E-state index in [4.69, 9.17) is 0 Å². The van der Waals surface area contributed by atoms with E-state index in [1.807, 2.05) is 11.3 Å². The lowest BCUT2D eigenvalue weighted by atomic mass is 9.89. The summed E-state index contributed by atoms with van der Waals surface area (Å²) in [5, 5.41) is 3.79. The average Bonchev–Trinajstić information content (AvgIpc) is 2.69. The number of hydrogen-bond donors (Lipinski definition) is 1. The van der Waals surface area contributed by atoms with Crippen LogP contribution in [0.3, 0.4) is 0 Å². The summed E-state index contributed by atoms with van der Waals surface area (Å²) in [6, 6.07) is 2.78. The second-order valence-corrected chi connectivity index (χ2v) is 7.48. The van der Waals surface area contributed by atoms with Gasteiger partial charge in [0, 0.05) is 20.3 Å². The van der Waals surface area contributed by atoms with Crippen LogP contribution in [0, 0.1) is 12.8 Å². The molecule has 0 fully saturated rings. The Morgan fingerprint density at radius 2 is 1.79 bits per heavy atom. The molecule has 0 amide bonds. The summed E-state index contributed by atoms with van der Waals surface area (Å²) in [5.74, 6) is 0.760. The highest BCUT2D eigenvalue weighted by molar-refractivity contribution is 9.10. The molecule has 1 rings (SSSR count). The third-order valence-corrected chi connectivity index (χ3v) is 5.58. The van der Waals surface area contributed by atoms with Crippen molar-refractivity contribution in [3.05, 3.63) is 20.3 Å². The normalized spacial score (nSPS) is 13.2. The topological polar surface area (TPSA) is 12.0 Å². The van der Waals surface area contributed by atoms with Crippen molar-refractivity contribution >= 4 is 27.3 Å². The van der Waals surface area contributed by atoms with E-state index < -0.39 is 0 Å². The lowest BCUT2D eigenvalue weighted by molar-refractivity contribution is 0.319. The Kier molecular flexibility index (Phi) is 8.27. The van der Waals surface area contributed by atoms with E-state index in [1.54, 1.807) is 0 Å². The molecule has 1 N–H and O–H groups in total. The van der Waals surface area contributed by atoms with Gasteiger partial charge in [-0.25, -0.2) is 0 Å². The average molecular weight is 346 g/mol. The van der Waals surface area contributed by atoms with Crippen molar-refractivity contribution in [3.8, 4) is 0 Å². The van der Waals surface area contributed by atoms with Crippen molar-refractivity contribution in [2.45, 2.75) is 65.8 Å². The van der Waals surface area contributed by atoms with Gasteiger partial charge in [-0.3, -0.25) is 0 Å². The first-order valence-electron chi connectivity index (χ1n) is 7.63. The molecule has 0 saturated carbocycles. The fraction of sp³-hybridized carbons (Fsp3) is 0.750. The molecule has 19 heavy (non-hydrogen) atoms. The number of nitrogens with one attached hydrogen (secondary N) is 1. The first-order chi connectivity index (χ1) is 9.13. The van der Waals surface area contributed by atoms with Gasteiger partial charge in [-0.1, -0.05) is 33.6 Å². The summed E-state index contributed by atoms with van der Waals surface area (Å²) in [4.78, 5) is 2.90. The summed E-state index contributed by atoms with van der Waals surface area (Å²) < 4.78 is 1.29. The zero-order chi connectivity index (χ0) is 14.3. The number of rotatable bonds is 9. The van der Waals surface area contributed by atoms with E-state index in [0.29, 0.717) is 6.04 Å². The Labute approximate surface area is 131 Å². The van der Waals surface area contributed by atoms with Gasteiger partial charge >= 0.3 is 0 Å². The first kappa shape index (κ1) is 17.2. The Hall–Kier alpha value is 0.140. The number of halogens is 1. The highest BCUT2D eigenvalue weighted by Gasteiger charge is 2.24. The van der Waals surface area contributed by atoms with E-state index in [9.17, 15) is 0 Å². The maximum absolute atomic E-state index is 3.79. The summed E-state index contributed by atoms with van der Waals surface area (Å²) in [5.41, 5.74) is 0. The highest BCUT2D eigenvalue weighted by atomic mass is 79.9. The van der Waals surface area contributed by atoms with Crippen LogP contribution in [0.15, 0.2) is 10.5 Å². The quantitative estimate of drug-likeness (QED) is 0.572. The molecule has 1 nitrogen and oxygen atoms in total. The molecule has 0 aromatic carbocycles. The zero-order valence-corrected chi connectivity index (χ0v) is 15.2. The molecule has 0 aliphatic carbocycles. The van der Waals surface area contributed by atoms with Crippen LogP contribution in [0.2, 0.25) is 0 Å². The standard InChI is InChI=1S/C16H28BrNS/c1-5-8-13(9-6-2)15(18-10-7-3)16-14(17)11-12(4)19-16/h11,13,15,18H,5-10H2,1-4H3. The minimum atomic E-state index is 0.521. The lowest BCUT2D eigenvalue weighted by Gasteiger charge is -2.27. The van der Waals surface area contributed by atoms with Crippen molar-refractivity contribution in [1.29, 1.82) is 0 Å². The second kappa shape index (κ2) is 9.15. The number of thiophene rings is 1. The van der Waals surface area contributed by atoms with Gasteiger partial charge in [0.1, 0.15) is 0 Å². The van der Waals surface area contributed by atoms with Gasteiger partial charge < -0.3 is 5.32 Å². The van der Waals surface area contributed by atoms with Gasteiger partial charge in [-0.15, -0.1) is 11.3 Å². The van der Waals surface area contributed by atoms with Gasteiger partial charge in [0.25, 0.3) is 0 Å². The van der Waals surface area contributed by atoms with Gasteiger partial charge in [-0.05, 0) is 60.6 Å². The predicted molar refractivity (Wildman–Crippen MR) is 91.1 cm³/mol. The zero-order valence-electron chi connectivity index (χ0n) is 12.8. The SMILES string of the molecule is CCCNC(c1sc(C)cc1Br)C(CCC)CCC. The van der Waals surface area contributed by atoms with E-state index in [1.165, 1.54) is 46.3 Å². The van der Waals surface area contributed by atoms with Crippen LogP contribution in [0.25, 0.3) is 0 Å². The van der Waals surface area contributed by atoms with Gasteiger partial charge in [0.2, 0.25) is 0 Å². The molecule has 1 unspecified atom stereocenters. The van der Waals surface area contributed by atoms with Crippen molar-refractivity contribution in [2.24, 2.45) is 5.92 Å². The molecule has 0 radical (unpaired) electrons. The smallest absolute Gasteiger partial charge is 0.0454 e. The molecule has 0 aliphatic rings. The molecule has 1 heterocycles. The van der Waals surface area contributed by atoms with E-state index in [2.05, 4.69) is 55.0 Å². The summed E-state index contributed by atoms with van der Waals surface area (Å²) in [6.45, 7) is 10.2. The fourth-order valence-electron chi connectivity index (χ4n) is 2.71. The molecule has 1 aromatic heterocycles. The third-order valence-electron chi connectivity index (χ3n) is 3.52. The van der Waals surface area contributed by atoms with Crippen molar-refractivity contribution < 1.29 is 0 Å². The second-order valence-electron chi connectivity index (χ2n) is 5.34. The predicted octanol–water partition coefficient (Wildman–Crippen LogP) is 6.08. The van der Waals surface area contributed by atoms with Gasteiger partial charge in [-0.2, -0.15) is 0 Å². The molecular formula is C16H28BrNS. The van der Waals surface area contributed by atoms with Crippen LogP contribution >= 0.6 is 27.3 Å². The molecule has 0 saturated heterocycles. The maximum atomic E-state index is 3.79. The Morgan fingerprint density at radius 1 is 1.16 bits per heavy atom. The summed E-state index contributed by atoms with van der Waals surface area (Å²) >= 11 is 5.69.